The van der Waals surface area contributed by atoms with Gasteiger partial charge in [0, 0.05) is 6.20 Å². The van der Waals surface area contributed by atoms with Crippen LogP contribution in [-0.4, -0.2) is 4.98 Å². The Morgan fingerprint density at radius 1 is 1.38 bits per heavy atom. The summed E-state index contributed by atoms with van der Waals surface area (Å²) >= 11 is 0. The number of aryl methyl sites for hydroxylation is 1. The fraction of sp³-hybridized carbons (Fsp3) is 0.417. The van der Waals surface area contributed by atoms with Gasteiger partial charge in [-0.25, -0.2) is 0 Å². The molecule has 72 valence electrons. The molecule has 0 N–H and O–H groups in total. The third kappa shape index (κ3) is 3.88. The van der Waals surface area contributed by atoms with E-state index in [4.69, 9.17) is 0 Å². The Kier molecular flexibility index (Phi) is 6.89. The molecule has 0 atom stereocenters. The number of aromatic nitrogens is 1. The van der Waals surface area contributed by atoms with Crippen LogP contribution in [0.15, 0.2) is 24.4 Å². The van der Waals surface area contributed by atoms with Crippen molar-refractivity contribution in [2.45, 2.75) is 34.1 Å². The zero-order valence-corrected chi connectivity index (χ0v) is 9.04. The highest BCUT2D eigenvalue weighted by Crippen LogP contribution is 2.07. The fourth-order valence-electron chi connectivity index (χ4n) is 1.06. The van der Waals surface area contributed by atoms with E-state index in [0.717, 1.165) is 12.1 Å². The molecule has 1 heterocycles. The lowest BCUT2D eigenvalue weighted by molar-refractivity contribution is 1.09. The van der Waals surface area contributed by atoms with Crippen LogP contribution in [0.5, 0.6) is 0 Å². The Hall–Kier alpha value is -1.11. The van der Waals surface area contributed by atoms with Crippen molar-refractivity contribution in [2.24, 2.45) is 0 Å². The minimum absolute atomic E-state index is 1.05. The van der Waals surface area contributed by atoms with Gasteiger partial charge in [0.05, 0.1) is 5.69 Å². The molecule has 0 aliphatic carbocycles. The first-order valence-corrected chi connectivity index (χ1v) is 4.95. The van der Waals surface area contributed by atoms with E-state index in [1.165, 1.54) is 5.56 Å². The standard InChI is InChI=1S/C10H13N.C2H6/c1-3-6-10-9(4-2)7-5-8-11-10;1-2/h3,5-8H,4H2,1-2H3;1-2H3/b6-3-;. The maximum atomic E-state index is 4.25. The number of pyridine rings is 1. The summed E-state index contributed by atoms with van der Waals surface area (Å²) in [4.78, 5) is 4.25. The van der Waals surface area contributed by atoms with Crippen LogP contribution in [0.1, 0.15) is 39.0 Å². The summed E-state index contributed by atoms with van der Waals surface area (Å²) in [5.74, 6) is 0. The molecule has 0 unspecified atom stereocenters. The third-order valence-corrected chi connectivity index (χ3v) is 1.63. The molecule has 1 nitrogen and oxygen atoms in total. The molecular formula is C12H19N. The van der Waals surface area contributed by atoms with Gasteiger partial charge in [-0.15, -0.1) is 0 Å². The van der Waals surface area contributed by atoms with Gasteiger partial charge in [-0.05, 0) is 31.1 Å². The Balaban J connectivity index is 0.000000671. The second kappa shape index (κ2) is 7.53. The lowest BCUT2D eigenvalue weighted by atomic mass is 10.1. The van der Waals surface area contributed by atoms with Gasteiger partial charge in [-0.2, -0.15) is 0 Å². The first-order valence-electron chi connectivity index (χ1n) is 4.95. The van der Waals surface area contributed by atoms with Crippen molar-refractivity contribution in [1.82, 2.24) is 4.98 Å². The van der Waals surface area contributed by atoms with E-state index in [9.17, 15) is 0 Å². The second-order valence-corrected chi connectivity index (χ2v) is 2.40. The Morgan fingerprint density at radius 3 is 2.62 bits per heavy atom. The van der Waals surface area contributed by atoms with Crippen molar-refractivity contribution >= 4 is 6.08 Å². The highest BCUT2D eigenvalue weighted by atomic mass is 14.7. The highest BCUT2D eigenvalue weighted by Gasteiger charge is 1.94. The van der Waals surface area contributed by atoms with Gasteiger partial charge in [-0.3, -0.25) is 4.98 Å². The molecule has 0 radical (unpaired) electrons. The van der Waals surface area contributed by atoms with E-state index >= 15 is 0 Å². The molecule has 13 heavy (non-hydrogen) atoms. The second-order valence-electron chi connectivity index (χ2n) is 2.40. The molecule has 0 saturated carbocycles. The summed E-state index contributed by atoms with van der Waals surface area (Å²) in [6, 6.07) is 4.09. The van der Waals surface area contributed by atoms with Crippen molar-refractivity contribution in [3.63, 3.8) is 0 Å². The van der Waals surface area contributed by atoms with Crippen LogP contribution in [0.25, 0.3) is 6.08 Å². The van der Waals surface area contributed by atoms with Gasteiger partial charge in [0.15, 0.2) is 0 Å². The Labute approximate surface area is 81.5 Å². The lowest BCUT2D eigenvalue weighted by Crippen LogP contribution is -1.88. The van der Waals surface area contributed by atoms with Crippen LogP contribution >= 0.6 is 0 Å². The fourth-order valence-corrected chi connectivity index (χ4v) is 1.06. The molecule has 0 fully saturated rings. The molecule has 0 saturated heterocycles. The summed E-state index contributed by atoms with van der Waals surface area (Å²) in [6.07, 6.45) is 6.93. The summed E-state index contributed by atoms with van der Waals surface area (Å²) in [6.45, 7) is 8.15. The maximum absolute atomic E-state index is 4.25. The Morgan fingerprint density at radius 2 is 2.08 bits per heavy atom. The van der Waals surface area contributed by atoms with Crippen molar-refractivity contribution < 1.29 is 0 Å². The van der Waals surface area contributed by atoms with Crippen molar-refractivity contribution in [1.29, 1.82) is 0 Å². The van der Waals surface area contributed by atoms with E-state index in [0.29, 0.717) is 0 Å². The molecule has 1 rings (SSSR count). The zero-order chi connectivity index (χ0) is 10.1. The van der Waals surface area contributed by atoms with Crippen molar-refractivity contribution in [2.75, 3.05) is 0 Å². The van der Waals surface area contributed by atoms with Crippen LogP contribution in [0.4, 0.5) is 0 Å². The number of rotatable bonds is 2. The van der Waals surface area contributed by atoms with E-state index in [-0.39, 0.29) is 0 Å². The van der Waals surface area contributed by atoms with Gasteiger partial charge in [0.1, 0.15) is 0 Å². The molecule has 1 heteroatoms. The van der Waals surface area contributed by atoms with E-state index < -0.39 is 0 Å². The minimum Gasteiger partial charge on any atom is -0.257 e. The summed E-state index contributed by atoms with van der Waals surface area (Å²) in [7, 11) is 0. The third-order valence-electron chi connectivity index (χ3n) is 1.63. The molecule has 0 aliphatic heterocycles. The minimum atomic E-state index is 1.05. The predicted octanol–water partition coefficient (Wildman–Crippen LogP) is 3.70. The average molecular weight is 177 g/mol. The molecule has 1 aromatic rings. The number of allylic oxidation sites excluding steroid dienone is 1. The van der Waals surface area contributed by atoms with Crippen LogP contribution in [0.2, 0.25) is 0 Å². The van der Waals surface area contributed by atoms with Gasteiger partial charge < -0.3 is 0 Å². The first kappa shape index (κ1) is 11.9. The van der Waals surface area contributed by atoms with Crippen LogP contribution < -0.4 is 0 Å². The molecular weight excluding hydrogens is 158 g/mol. The normalized spacial score (nSPS) is 9.54. The summed E-state index contributed by atoms with van der Waals surface area (Å²) < 4.78 is 0. The smallest absolute Gasteiger partial charge is 0.0658 e. The maximum Gasteiger partial charge on any atom is 0.0658 e. The lowest BCUT2D eigenvalue weighted by Gasteiger charge is -1.99. The molecule has 0 aromatic carbocycles. The van der Waals surface area contributed by atoms with E-state index in [1.54, 1.807) is 0 Å². The van der Waals surface area contributed by atoms with Crippen LogP contribution in [0, 0.1) is 0 Å². The molecule has 0 bridgehead atoms. The monoisotopic (exact) mass is 177 g/mol. The van der Waals surface area contributed by atoms with E-state index in [1.807, 2.05) is 45.2 Å². The van der Waals surface area contributed by atoms with Crippen molar-refractivity contribution in [3.05, 3.63) is 35.7 Å². The zero-order valence-electron chi connectivity index (χ0n) is 9.04. The van der Waals surface area contributed by atoms with Gasteiger partial charge in [0.2, 0.25) is 0 Å². The van der Waals surface area contributed by atoms with Gasteiger partial charge in [-0.1, -0.05) is 32.9 Å². The molecule has 1 aromatic heterocycles. The molecule has 0 aliphatic rings. The van der Waals surface area contributed by atoms with E-state index in [2.05, 4.69) is 18.0 Å². The first-order chi connectivity index (χ1) is 6.38. The topological polar surface area (TPSA) is 12.9 Å². The van der Waals surface area contributed by atoms with Crippen LogP contribution in [0.3, 0.4) is 0 Å². The van der Waals surface area contributed by atoms with Crippen molar-refractivity contribution in [3.8, 4) is 0 Å². The number of nitrogens with zero attached hydrogens (tertiary/aromatic N) is 1. The SMILES string of the molecule is C/C=C\c1ncccc1CC.CC. The number of hydrogen-bond acceptors (Lipinski definition) is 1. The quantitative estimate of drug-likeness (QED) is 0.671. The van der Waals surface area contributed by atoms with Gasteiger partial charge >= 0.3 is 0 Å². The molecule has 0 spiro atoms. The molecule has 0 amide bonds. The van der Waals surface area contributed by atoms with Crippen LogP contribution in [-0.2, 0) is 6.42 Å². The number of hydrogen-bond donors (Lipinski definition) is 0. The average Bonchev–Trinajstić information content (AvgIpc) is 2.22. The summed E-state index contributed by atoms with van der Waals surface area (Å²) in [5.41, 5.74) is 2.41. The largest absolute Gasteiger partial charge is 0.257 e. The Bertz CT molecular complexity index is 251. The summed E-state index contributed by atoms with van der Waals surface area (Å²) in [5, 5.41) is 0. The highest BCUT2D eigenvalue weighted by molar-refractivity contribution is 5.48. The predicted molar refractivity (Wildman–Crippen MR) is 59.7 cm³/mol. The van der Waals surface area contributed by atoms with Gasteiger partial charge in [0.25, 0.3) is 0 Å².